The number of hydrogen-bond donors (Lipinski definition) is 1. The van der Waals surface area contributed by atoms with Gasteiger partial charge in [-0.15, -0.1) is 11.3 Å². The second-order valence-corrected chi connectivity index (χ2v) is 7.20. The number of halogens is 1. The molecule has 1 unspecified atom stereocenters. The van der Waals surface area contributed by atoms with Gasteiger partial charge in [-0.05, 0) is 59.1 Å². The van der Waals surface area contributed by atoms with Crippen molar-refractivity contribution in [2.45, 2.75) is 32.2 Å². The quantitative estimate of drug-likeness (QED) is 0.767. The summed E-state index contributed by atoms with van der Waals surface area (Å²) in [6.07, 6.45) is 3.71. The van der Waals surface area contributed by atoms with E-state index < -0.39 is 0 Å². The van der Waals surface area contributed by atoms with Crippen molar-refractivity contribution >= 4 is 27.3 Å². The predicted molar refractivity (Wildman–Crippen MR) is 88.0 cm³/mol. The van der Waals surface area contributed by atoms with E-state index in [1.807, 2.05) is 7.05 Å². The molecule has 1 N–H and O–H groups in total. The molecule has 0 amide bonds. The van der Waals surface area contributed by atoms with Crippen molar-refractivity contribution < 1.29 is 0 Å². The van der Waals surface area contributed by atoms with Gasteiger partial charge in [0, 0.05) is 4.88 Å². The summed E-state index contributed by atoms with van der Waals surface area (Å²) in [5.74, 6) is 0. The minimum absolute atomic E-state index is 0.288. The van der Waals surface area contributed by atoms with Crippen LogP contribution in [0.15, 0.2) is 40.2 Å². The largest absolute Gasteiger partial charge is 0.309 e. The molecule has 1 atom stereocenters. The Morgan fingerprint density at radius 2 is 1.89 bits per heavy atom. The van der Waals surface area contributed by atoms with Crippen LogP contribution in [0.1, 0.15) is 41.8 Å². The molecule has 102 valence electrons. The zero-order chi connectivity index (χ0) is 13.7. The van der Waals surface area contributed by atoms with E-state index in [9.17, 15) is 0 Å². The lowest BCUT2D eigenvalue weighted by atomic mass is 10.0. The number of thiophene rings is 1. The van der Waals surface area contributed by atoms with Crippen LogP contribution in [0.3, 0.4) is 0 Å². The summed E-state index contributed by atoms with van der Waals surface area (Å²) in [5.41, 5.74) is 2.77. The van der Waals surface area contributed by atoms with Gasteiger partial charge in [0.15, 0.2) is 0 Å². The summed E-state index contributed by atoms with van der Waals surface area (Å²) in [6.45, 7) is 2.24. The van der Waals surface area contributed by atoms with Crippen molar-refractivity contribution in [3.8, 4) is 0 Å². The van der Waals surface area contributed by atoms with Crippen molar-refractivity contribution in [2.75, 3.05) is 7.05 Å². The van der Waals surface area contributed by atoms with Crippen LogP contribution in [-0.4, -0.2) is 7.05 Å². The Labute approximate surface area is 128 Å². The first-order valence-electron chi connectivity index (χ1n) is 6.76. The standard InChI is InChI=1S/C16H20BrNS/c1-3-4-5-12-6-8-13(9-7-12)16(18-2)14-10-11-15(17)19-14/h6-11,16,18H,3-5H2,1-2H3. The smallest absolute Gasteiger partial charge is 0.0702 e. The molecule has 0 radical (unpaired) electrons. The Hall–Kier alpha value is -0.640. The van der Waals surface area contributed by atoms with Gasteiger partial charge in [-0.3, -0.25) is 0 Å². The Morgan fingerprint density at radius 3 is 2.42 bits per heavy atom. The van der Waals surface area contributed by atoms with E-state index in [4.69, 9.17) is 0 Å². The van der Waals surface area contributed by atoms with Crippen LogP contribution in [0.4, 0.5) is 0 Å². The molecular formula is C16H20BrNS. The Balaban J connectivity index is 2.15. The minimum atomic E-state index is 0.288. The fraction of sp³-hybridized carbons (Fsp3) is 0.375. The summed E-state index contributed by atoms with van der Waals surface area (Å²) in [4.78, 5) is 1.34. The molecule has 1 aromatic heterocycles. The van der Waals surface area contributed by atoms with Gasteiger partial charge in [0.1, 0.15) is 0 Å². The molecule has 1 nitrogen and oxygen atoms in total. The zero-order valence-electron chi connectivity index (χ0n) is 11.4. The van der Waals surface area contributed by atoms with Crippen LogP contribution in [0.2, 0.25) is 0 Å². The van der Waals surface area contributed by atoms with Crippen molar-refractivity contribution in [3.05, 3.63) is 56.2 Å². The first kappa shape index (κ1) is 14.8. The second-order valence-electron chi connectivity index (χ2n) is 4.71. The van der Waals surface area contributed by atoms with Gasteiger partial charge in [0.25, 0.3) is 0 Å². The molecule has 0 spiro atoms. The lowest BCUT2D eigenvalue weighted by molar-refractivity contribution is 0.703. The Morgan fingerprint density at radius 1 is 1.16 bits per heavy atom. The number of aryl methyl sites for hydroxylation is 1. The van der Waals surface area contributed by atoms with Crippen molar-refractivity contribution in [3.63, 3.8) is 0 Å². The van der Waals surface area contributed by atoms with Crippen LogP contribution in [-0.2, 0) is 6.42 Å². The van der Waals surface area contributed by atoms with Crippen molar-refractivity contribution in [1.29, 1.82) is 0 Å². The van der Waals surface area contributed by atoms with E-state index in [0.717, 1.165) is 0 Å². The predicted octanol–water partition coefficient (Wildman–Crippen LogP) is 5.16. The molecule has 0 fully saturated rings. The highest BCUT2D eigenvalue weighted by atomic mass is 79.9. The molecule has 2 rings (SSSR count). The Kier molecular flexibility index (Phi) is 5.61. The molecule has 1 aromatic carbocycles. The monoisotopic (exact) mass is 337 g/mol. The maximum absolute atomic E-state index is 3.53. The van der Waals surface area contributed by atoms with E-state index in [0.29, 0.717) is 0 Å². The molecule has 0 aliphatic heterocycles. The van der Waals surface area contributed by atoms with Gasteiger partial charge < -0.3 is 5.32 Å². The van der Waals surface area contributed by atoms with E-state index in [1.165, 1.54) is 39.1 Å². The van der Waals surface area contributed by atoms with Crippen LogP contribution in [0.25, 0.3) is 0 Å². The highest BCUT2D eigenvalue weighted by molar-refractivity contribution is 9.11. The van der Waals surface area contributed by atoms with Gasteiger partial charge >= 0.3 is 0 Å². The second kappa shape index (κ2) is 7.22. The van der Waals surface area contributed by atoms with Crippen molar-refractivity contribution in [2.24, 2.45) is 0 Å². The molecule has 0 saturated carbocycles. The Bertz CT molecular complexity index is 504. The molecule has 2 aromatic rings. The van der Waals surface area contributed by atoms with Gasteiger partial charge in [0.05, 0.1) is 9.83 Å². The number of hydrogen-bond acceptors (Lipinski definition) is 2. The lowest BCUT2D eigenvalue weighted by Gasteiger charge is -2.15. The van der Waals surface area contributed by atoms with Crippen molar-refractivity contribution in [1.82, 2.24) is 5.32 Å². The molecular weight excluding hydrogens is 318 g/mol. The molecule has 1 heterocycles. The number of nitrogens with one attached hydrogen (secondary N) is 1. The molecule has 0 saturated heterocycles. The normalized spacial score (nSPS) is 12.6. The lowest BCUT2D eigenvalue weighted by Crippen LogP contribution is -2.16. The number of rotatable bonds is 6. The average Bonchev–Trinajstić information content (AvgIpc) is 2.85. The van der Waals surface area contributed by atoms with Gasteiger partial charge in [-0.25, -0.2) is 0 Å². The SMILES string of the molecule is CCCCc1ccc(C(NC)c2ccc(Br)s2)cc1. The van der Waals surface area contributed by atoms with Gasteiger partial charge in [-0.1, -0.05) is 37.6 Å². The first-order chi connectivity index (χ1) is 9.24. The zero-order valence-corrected chi connectivity index (χ0v) is 13.9. The third-order valence-electron chi connectivity index (χ3n) is 3.30. The maximum atomic E-state index is 3.53. The van der Waals surface area contributed by atoms with E-state index in [-0.39, 0.29) is 6.04 Å². The molecule has 3 heteroatoms. The molecule has 0 aliphatic rings. The summed E-state index contributed by atoms with van der Waals surface area (Å²) in [6, 6.07) is 13.6. The average molecular weight is 338 g/mol. The summed E-state index contributed by atoms with van der Waals surface area (Å²) >= 11 is 5.32. The highest BCUT2D eigenvalue weighted by Gasteiger charge is 2.13. The highest BCUT2D eigenvalue weighted by Crippen LogP contribution is 2.31. The van der Waals surface area contributed by atoms with Crippen LogP contribution < -0.4 is 5.32 Å². The molecule has 0 aliphatic carbocycles. The molecule has 19 heavy (non-hydrogen) atoms. The summed E-state index contributed by atoms with van der Waals surface area (Å²) in [7, 11) is 2.02. The number of unbranched alkanes of at least 4 members (excludes halogenated alkanes) is 1. The topological polar surface area (TPSA) is 12.0 Å². The molecule has 0 bridgehead atoms. The van der Waals surface area contributed by atoms with E-state index >= 15 is 0 Å². The third kappa shape index (κ3) is 3.91. The van der Waals surface area contributed by atoms with E-state index in [2.05, 4.69) is 64.6 Å². The summed E-state index contributed by atoms with van der Waals surface area (Å²) < 4.78 is 1.18. The van der Waals surface area contributed by atoms with Gasteiger partial charge in [-0.2, -0.15) is 0 Å². The summed E-state index contributed by atoms with van der Waals surface area (Å²) in [5, 5.41) is 3.40. The van der Waals surface area contributed by atoms with E-state index in [1.54, 1.807) is 11.3 Å². The van der Waals surface area contributed by atoms with Crippen LogP contribution in [0, 0.1) is 0 Å². The fourth-order valence-corrected chi connectivity index (χ4v) is 3.78. The first-order valence-corrected chi connectivity index (χ1v) is 8.37. The third-order valence-corrected chi connectivity index (χ3v) is 4.99. The fourth-order valence-electron chi connectivity index (χ4n) is 2.21. The number of benzene rings is 1. The van der Waals surface area contributed by atoms with Crippen LogP contribution in [0.5, 0.6) is 0 Å². The van der Waals surface area contributed by atoms with Crippen LogP contribution >= 0.6 is 27.3 Å². The maximum Gasteiger partial charge on any atom is 0.0702 e. The van der Waals surface area contributed by atoms with Gasteiger partial charge in [0.2, 0.25) is 0 Å². The minimum Gasteiger partial charge on any atom is -0.309 e.